The van der Waals surface area contributed by atoms with E-state index < -0.39 is 0 Å². The highest BCUT2D eigenvalue weighted by molar-refractivity contribution is 6.52. The molecule has 0 saturated heterocycles. The van der Waals surface area contributed by atoms with Crippen molar-refractivity contribution < 1.29 is 9.59 Å². The lowest BCUT2D eigenvalue weighted by Gasteiger charge is -2.07. The van der Waals surface area contributed by atoms with E-state index in [9.17, 15) is 9.59 Å². The van der Waals surface area contributed by atoms with Gasteiger partial charge in [0.2, 0.25) is 0 Å². The Bertz CT molecular complexity index is 1350. The third-order valence-corrected chi connectivity index (χ3v) is 5.94. The van der Waals surface area contributed by atoms with Crippen molar-refractivity contribution in [2.45, 2.75) is 13.3 Å². The van der Waals surface area contributed by atoms with Crippen LogP contribution in [0.1, 0.15) is 23.2 Å². The Morgan fingerprint density at radius 3 is 2.14 bits per heavy atom. The van der Waals surface area contributed by atoms with Crippen molar-refractivity contribution in [3.8, 4) is 0 Å². The van der Waals surface area contributed by atoms with Gasteiger partial charge in [-0.15, -0.1) is 0 Å². The van der Waals surface area contributed by atoms with Crippen LogP contribution in [-0.4, -0.2) is 20.7 Å². The highest BCUT2D eigenvalue weighted by atomic mass is 16.2. The molecule has 1 aliphatic rings. The van der Waals surface area contributed by atoms with Gasteiger partial charge in [-0.1, -0.05) is 36.4 Å². The van der Waals surface area contributed by atoms with Crippen LogP contribution < -0.4 is 0 Å². The molecular weight excluding hydrogens is 348 g/mol. The van der Waals surface area contributed by atoms with E-state index in [2.05, 4.69) is 4.57 Å². The highest BCUT2D eigenvalue weighted by Gasteiger charge is 2.36. The third-order valence-electron chi connectivity index (χ3n) is 5.94. The first-order valence-electron chi connectivity index (χ1n) is 9.38. The fourth-order valence-corrected chi connectivity index (χ4v) is 4.53. The van der Waals surface area contributed by atoms with Crippen molar-refractivity contribution >= 4 is 44.5 Å². The summed E-state index contributed by atoms with van der Waals surface area (Å²) in [5.41, 5.74) is 5.96. The number of hydrogen-bond donors (Lipinski definition) is 0. The molecule has 0 bridgehead atoms. The van der Waals surface area contributed by atoms with Gasteiger partial charge in [0.15, 0.2) is 11.6 Å². The summed E-state index contributed by atoms with van der Waals surface area (Å²) in [5.74, 6) is -0.184. The monoisotopic (exact) mass is 368 g/mol. The van der Waals surface area contributed by atoms with Crippen LogP contribution in [0.25, 0.3) is 33.0 Å². The van der Waals surface area contributed by atoms with Gasteiger partial charge < -0.3 is 9.13 Å². The maximum Gasteiger partial charge on any atom is 0.172 e. The first kappa shape index (κ1) is 16.8. The SMILES string of the molecule is Cc1c(C2=C(c3cn(C)c4ccccc34)C(=O)CC2=O)c2ccccc2n1C. The van der Waals surface area contributed by atoms with Crippen LogP contribution in [0.3, 0.4) is 0 Å². The van der Waals surface area contributed by atoms with Gasteiger partial charge in [0.05, 0.1) is 6.42 Å². The summed E-state index contributed by atoms with van der Waals surface area (Å²) >= 11 is 0. The first-order valence-corrected chi connectivity index (χ1v) is 9.38. The summed E-state index contributed by atoms with van der Waals surface area (Å²) in [7, 11) is 3.97. The number of Topliss-reactive ketones (excluding diaryl/α,β-unsaturated/α-hetero) is 2. The minimum absolute atomic E-state index is 0.0590. The molecule has 0 atom stereocenters. The molecule has 2 aromatic heterocycles. The maximum absolute atomic E-state index is 13.0. The number of allylic oxidation sites excluding steroid dienone is 2. The van der Waals surface area contributed by atoms with Crippen molar-refractivity contribution in [1.82, 2.24) is 9.13 Å². The first-order chi connectivity index (χ1) is 13.5. The van der Waals surface area contributed by atoms with Crippen molar-refractivity contribution in [3.63, 3.8) is 0 Å². The smallest absolute Gasteiger partial charge is 0.172 e. The lowest BCUT2D eigenvalue weighted by molar-refractivity contribution is -0.119. The van der Waals surface area contributed by atoms with E-state index >= 15 is 0 Å². The summed E-state index contributed by atoms with van der Waals surface area (Å²) in [6, 6.07) is 16.0. The Balaban J connectivity index is 1.92. The minimum Gasteiger partial charge on any atom is -0.350 e. The molecule has 5 rings (SSSR count). The Morgan fingerprint density at radius 2 is 1.39 bits per heavy atom. The predicted molar refractivity (Wildman–Crippen MR) is 112 cm³/mol. The van der Waals surface area contributed by atoms with Gasteiger partial charge in [0.1, 0.15) is 0 Å². The normalized spacial score (nSPS) is 14.8. The molecule has 0 fully saturated rings. The van der Waals surface area contributed by atoms with Gasteiger partial charge in [0.25, 0.3) is 0 Å². The molecule has 4 nitrogen and oxygen atoms in total. The van der Waals surface area contributed by atoms with E-state index in [1.54, 1.807) is 0 Å². The van der Waals surface area contributed by atoms with E-state index in [1.807, 2.05) is 80.3 Å². The summed E-state index contributed by atoms with van der Waals surface area (Å²) < 4.78 is 4.11. The molecule has 0 aliphatic heterocycles. The Labute approximate surface area is 162 Å². The Morgan fingerprint density at radius 1 is 0.786 bits per heavy atom. The molecule has 0 N–H and O–H groups in total. The molecule has 4 heteroatoms. The fraction of sp³-hybridized carbons (Fsp3) is 0.167. The van der Waals surface area contributed by atoms with E-state index in [1.165, 1.54) is 0 Å². The molecule has 138 valence electrons. The van der Waals surface area contributed by atoms with E-state index in [0.29, 0.717) is 11.1 Å². The number of carbonyl (C=O) groups is 2. The number of aryl methyl sites for hydroxylation is 2. The van der Waals surface area contributed by atoms with Crippen LogP contribution in [0.2, 0.25) is 0 Å². The van der Waals surface area contributed by atoms with Crippen molar-refractivity contribution in [3.05, 3.63) is 71.5 Å². The second kappa shape index (κ2) is 5.80. The van der Waals surface area contributed by atoms with Crippen molar-refractivity contribution in [1.29, 1.82) is 0 Å². The molecule has 0 saturated carbocycles. The number of aromatic nitrogens is 2. The molecule has 0 radical (unpaired) electrons. The van der Waals surface area contributed by atoms with Crippen LogP contribution >= 0.6 is 0 Å². The lowest BCUT2D eigenvalue weighted by Crippen LogP contribution is -1.99. The number of para-hydroxylation sites is 2. The number of hydrogen-bond acceptors (Lipinski definition) is 2. The maximum atomic E-state index is 13.0. The van der Waals surface area contributed by atoms with Gasteiger partial charge >= 0.3 is 0 Å². The molecule has 1 aliphatic carbocycles. The largest absolute Gasteiger partial charge is 0.350 e. The van der Waals surface area contributed by atoms with Crippen LogP contribution in [0.5, 0.6) is 0 Å². The molecule has 0 unspecified atom stereocenters. The molecule has 2 aromatic carbocycles. The number of ketones is 2. The van der Waals surface area contributed by atoms with Gasteiger partial charge in [-0.05, 0) is 19.1 Å². The van der Waals surface area contributed by atoms with E-state index in [4.69, 9.17) is 0 Å². The van der Waals surface area contributed by atoms with Gasteiger partial charge in [0, 0.05) is 70.1 Å². The van der Waals surface area contributed by atoms with E-state index in [0.717, 1.165) is 38.6 Å². The average molecular weight is 368 g/mol. The summed E-state index contributed by atoms with van der Waals surface area (Å²) in [5, 5.41) is 2.01. The van der Waals surface area contributed by atoms with Gasteiger partial charge in [-0.25, -0.2) is 0 Å². The molecule has 0 amide bonds. The van der Waals surface area contributed by atoms with Gasteiger partial charge in [-0.3, -0.25) is 9.59 Å². The summed E-state index contributed by atoms with van der Waals surface area (Å²) in [6.07, 6.45) is 1.91. The predicted octanol–water partition coefficient (Wildman–Crippen LogP) is 4.43. The lowest BCUT2D eigenvalue weighted by atomic mass is 9.94. The zero-order valence-electron chi connectivity index (χ0n) is 16.1. The zero-order chi connectivity index (χ0) is 19.6. The second-order valence-electron chi connectivity index (χ2n) is 7.48. The molecule has 28 heavy (non-hydrogen) atoms. The molecule has 2 heterocycles. The Kier molecular flexibility index (Phi) is 3.47. The van der Waals surface area contributed by atoms with Crippen molar-refractivity contribution in [2.24, 2.45) is 14.1 Å². The number of rotatable bonds is 2. The highest BCUT2D eigenvalue weighted by Crippen LogP contribution is 2.42. The van der Waals surface area contributed by atoms with E-state index in [-0.39, 0.29) is 18.0 Å². The molecule has 0 spiro atoms. The summed E-state index contributed by atoms with van der Waals surface area (Å²) in [4.78, 5) is 26.0. The number of carbonyl (C=O) groups excluding carboxylic acids is 2. The zero-order valence-corrected chi connectivity index (χ0v) is 16.1. The quantitative estimate of drug-likeness (QED) is 0.491. The molecular formula is C24H20N2O2. The summed E-state index contributed by atoms with van der Waals surface area (Å²) in [6.45, 7) is 2.01. The molecule has 4 aromatic rings. The van der Waals surface area contributed by atoms with Crippen LogP contribution in [0.4, 0.5) is 0 Å². The standard InChI is InChI=1S/C24H20N2O2/c1-14-22(16-9-5-7-11-19(16)26(14)3)24-21(28)12-20(27)23(24)17-13-25(2)18-10-6-4-8-15(17)18/h4-11,13H,12H2,1-3H3. The number of nitrogens with zero attached hydrogens (tertiary/aromatic N) is 2. The second-order valence-corrected chi connectivity index (χ2v) is 7.48. The van der Waals surface area contributed by atoms with Crippen LogP contribution in [0, 0.1) is 6.92 Å². The van der Waals surface area contributed by atoms with Crippen molar-refractivity contribution in [2.75, 3.05) is 0 Å². The minimum atomic E-state index is -0.0938. The number of fused-ring (bicyclic) bond motifs is 2. The topological polar surface area (TPSA) is 44.0 Å². The average Bonchev–Trinajstić information content (AvgIpc) is 3.26. The van der Waals surface area contributed by atoms with Gasteiger partial charge in [-0.2, -0.15) is 0 Å². The van der Waals surface area contributed by atoms with Crippen LogP contribution in [0.15, 0.2) is 54.7 Å². The van der Waals surface area contributed by atoms with Crippen LogP contribution in [-0.2, 0) is 23.7 Å². The fourth-order valence-electron chi connectivity index (χ4n) is 4.53. The third kappa shape index (κ3) is 2.12. The Hall–Kier alpha value is -3.40. The number of benzene rings is 2.